The molecule has 1 atom stereocenters. The highest BCUT2D eigenvalue weighted by atomic mass is 32.1. The number of benzene rings is 1. The molecule has 7 heteroatoms. The van der Waals surface area contributed by atoms with Crippen LogP contribution in [-0.4, -0.2) is 30.3 Å². The summed E-state index contributed by atoms with van der Waals surface area (Å²) in [5.41, 5.74) is 6.39. The van der Waals surface area contributed by atoms with Crippen molar-refractivity contribution in [2.75, 3.05) is 13.3 Å². The number of rotatable bonds is 4. The molecule has 3 N–H and O–H groups in total. The number of hydrogen-bond donors (Lipinski definition) is 2. The maximum Gasteiger partial charge on any atom is 0.263 e. The molecule has 6 nitrogen and oxygen atoms in total. The number of ether oxygens (including phenoxy) is 2. The van der Waals surface area contributed by atoms with Gasteiger partial charge in [-0.15, -0.1) is 11.3 Å². The van der Waals surface area contributed by atoms with Gasteiger partial charge in [-0.05, 0) is 25.1 Å². The van der Waals surface area contributed by atoms with Crippen molar-refractivity contribution in [3.8, 4) is 22.1 Å². The van der Waals surface area contributed by atoms with Gasteiger partial charge in [-0.1, -0.05) is 0 Å². The normalized spacial score (nSPS) is 14.0. The minimum Gasteiger partial charge on any atom is -0.454 e. The monoisotopic (exact) mass is 305 g/mol. The summed E-state index contributed by atoms with van der Waals surface area (Å²) in [6.45, 7) is 2.50. The lowest BCUT2D eigenvalue weighted by Crippen LogP contribution is -2.37. The molecular weight excluding hydrogens is 290 g/mol. The molecule has 1 amide bonds. The van der Waals surface area contributed by atoms with Gasteiger partial charge in [0.25, 0.3) is 5.91 Å². The molecule has 110 valence electrons. The maximum atomic E-state index is 12.0. The van der Waals surface area contributed by atoms with Crippen molar-refractivity contribution in [1.29, 1.82) is 0 Å². The van der Waals surface area contributed by atoms with E-state index in [1.807, 2.05) is 25.1 Å². The minimum atomic E-state index is -0.155. The summed E-state index contributed by atoms with van der Waals surface area (Å²) in [7, 11) is 0. The van der Waals surface area contributed by atoms with Crippen molar-refractivity contribution in [1.82, 2.24) is 10.3 Å². The van der Waals surface area contributed by atoms with Crippen molar-refractivity contribution < 1.29 is 14.3 Å². The Morgan fingerprint density at radius 1 is 1.48 bits per heavy atom. The molecule has 3 rings (SSSR count). The van der Waals surface area contributed by atoms with Crippen LogP contribution in [0.25, 0.3) is 10.6 Å². The quantitative estimate of drug-likeness (QED) is 0.896. The molecule has 0 spiro atoms. The summed E-state index contributed by atoms with van der Waals surface area (Å²) in [6, 6.07) is 5.55. The average Bonchev–Trinajstić information content (AvgIpc) is 3.15. The summed E-state index contributed by atoms with van der Waals surface area (Å²) >= 11 is 1.33. The zero-order valence-electron chi connectivity index (χ0n) is 11.5. The minimum absolute atomic E-state index is 0.0615. The number of carbonyl (C=O) groups excluding carboxylic acids is 1. The third-order valence-corrected chi connectivity index (χ3v) is 4.13. The SMILES string of the molecule is C[C@@H](CN)NC(=O)c1cnc(-c2ccc3c(c2)OCO3)s1. The van der Waals surface area contributed by atoms with Crippen LogP contribution in [0.5, 0.6) is 11.5 Å². The number of fused-ring (bicyclic) bond motifs is 1. The molecule has 0 aliphatic carbocycles. The predicted octanol–water partition coefficient (Wildman–Crippen LogP) is 1.62. The van der Waals surface area contributed by atoms with E-state index in [2.05, 4.69) is 10.3 Å². The molecule has 2 aromatic rings. The van der Waals surface area contributed by atoms with Gasteiger partial charge in [-0.2, -0.15) is 0 Å². The van der Waals surface area contributed by atoms with Crippen LogP contribution in [0, 0.1) is 0 Å². The Hall–Kier alpha value is -2.12. The second-order valence-corrected chi connectivity index (χ2v) is 5.74. The molecule has 2 heterocycles. The third-order valence-electron chi connectivity index (χ3n) is 3.08. The Balaban J connectivity index is 1.80. The molecule has 1 aromatic heterocycles. The van der Waals surface area contributed by atoms with Gasteiger partial charge in [-0.25, -0.2) is 4.98 Å². The first-order chi connectivity index (χ1) is 10.2. The van der Waals surface area contributed by atoms with Gasteiger partial charge in [0.2, 0.25) is 6.79 Å². The van der Waals surface area contributed by atoms with Gasteiger partial charge in [0.05, 0.1) is 6.20 Å². The molecule has 0 unspecified atom stereocenters. The maximum absolute atomic E-state index is 12.0. The molecule has 1 aliphatic heterocycles. The lowest BCUT2D eigenvalue weighted by Gasteiger charge is -2.09. The van der Waals surface area contributed by atoms with Crippen LogP contribution in [0.3, 0.4) is 0 Å². The highest BCUT2D eigenvalue weighted by Crippen LogP contribution is 2.36. The van der Waals surface area contributed by atoms with Crippen LogP contribution in [0.15, 0.2) is 24.4 Å². The molecule has 0 saturated heterocycles. The second kappa shape index (κ2) is 5.71. The van der Waals surface area contributed by atoms with Gasteiger partial charge < -0.3 is 20.5 Å². The van der Waals surface area contributed by atoms with Gasteiger partial charge in [0, 0.05) is 18.2 Å². The number of nitrogens with zero attached hydrogens (tertiary/aromatic N) is 1. The molecule has 1 aliphatic rings. The Morgan fingerprint density at radius 2 is 2.29 bits per heavy atom. The van der Waals surface area contributed by atoms with E-state index in [-0.39, 0.29) is 18.7 Å². The molecule has 21 heavy (non-hydrogen) atoms. The van der Waals surface area contributed by atoms with E-state index < -0.39 is 0 Å². The lowest BCUT2D eigenvalue weighted by atomic mass is 10.2. The summed E-state index contributed by atoms with van der Waals surface area (Å²) in [4.78, 5) is 16.9. The van der Waals surface area contributed by atoms with E-state index in [1.54, 1.807) is 6.20 Å². The van der Waals surface area contributed by atoms with Gasteiger partial charge in [0.15, 0.2) is 11.5 Å². The molecule has 0 bridgehead atoms. The zero-order valence-corrected chi connectivity index (χ0v) is 12.3. The molecule has 0 fully saturated rings. The highest BCUT2D eigenvalue weighted by Gasteiger charge is 2.17. The predicted molar refractivity (Wildman–Crippen MR) is 79.7 cm³/mol. The smallest absolute Gasteiger partial charge is 0.263 e. The second-order valence-electron chi connectivity index (χ2n) is 4.71. The van der Waals surface area contributed by atoms with Gasteiger partial charge in [-0.3, -0.25) is 4.79 Å². The van der Waals surface area contributed by atoms with Crippen LogP contribution in [-0.2, 0) is 0 Å². The molecule has 0 saturated carbocycles. The standard InChI is InChI=1S/C14H15N3O3S/c1-8(5-15)17-13(18)12-6-16-14(21-12)9-2-3-10-11(4-9)20-7-19-10/h2-4,6,8H,5,7,15H2,1H3,(H,17,18)/t8-/m0/s1. The fourth-order valence-electron chi connectivity index (χ4n) is 1.90. The number of aromatic nitrogens is 1. The number of thiazole rings is 1. The number of carbonyl (C=O) groups is 1. The summed E-state index contributed by atoms with van der Waals surface area (Å²) in [5, 5.41) is 3.58. The summed E-state index contributed by atoms with van der Waals surface area (Å²) in [6.07, 6.45) is 1.57. The van der Waals surface area contributed by atoms with Crippen molar-refractivity contribution in [3.63, 3.8) is 0 Å². The Morgan fingerprint density at radius 3 is 3.10 bits per heavy atom. The van der Waals surface area contributed by atoms with Crippen molar-refractivity contribution >= 4 is 17.2 Å². The van der Waals surface area contributed by atoms with Crippen molar-refractivity contribution in [2.24, 2.45) is 5.73 Å². The Bertz CT molecular complexity index is 671. The molecule has 1 aromatic carbocycles. The Labute approximate surface area is 125 Å². The number of amides is 1. The first-order valence-electron chi connectivity index (χ1n) is 6.54. The van der Waals surface area contributed by atoms with Crippen LogP contribution in [0.2, 0.25) is 0 Å². The fourth-order valence-corrected chi connectivity index (χ4v) is 2.71. The van der Waals surface area contributed by atoms with E-state index in [1.165, 1.54) is 11.3 Å². The van der Waals surface area contributed by atoms with Gasteiger partial charge in [0.1, 0.15) is 9.88 Å². The first-order valence-corrected chi connectivity index (χ1v) is 7.36. The summed E-state index contributed by atoms with van der Waals surface area (Å²) < 4.78 is 10.6. The van der Waals surface area contributed by atoms with Crippen molar-refractivity contribution in [3.05, 3.63) is 29.3 Å². The number of nitrogens with one attached hydrogen (secondary N) is 1. The van der Waals surface area contributed by atoms with E-state index in [9.17, 15) is 4.79 Å². The van der Waals surface area contributed by atoms with E-state index >= 15 is 0 Å². The van der Waals surface area contributed by atoms with Crippen LogP contribution < -0.4 is 20.5 Å². The third kappa shape index (κ3) is 2.84. The Kier molecular flexibility index (Phi) is 3.76. The van der Waals surface area contributed by atoms with Crippen molar-refractivity contribution in [2.45, 2.75) is 13.0 Å². The highest BCUT2D eigenvalue weighted by molar-refractivity contribution is 7.16. The van der Waals surface area contributed by atoms with E-state index in [0.29, 0.717) is 17.2 Å². The van der Waals surface area contributed by atoms with Crippen LogP contribution in [0.4, 0.5) is 0 Å². The number of hydrogen-bond acceptors (Lipinski definition) is 6. The first kappa shape index (κ1) is 13.8. The van der Waals surface area contributed by atoms with E-state index in [0.717, 1.165) is 16.3 Å². The van der Waals surface area contributed by atoms with E-state index in [4.69, 9.17) is 15.2 Å². The zero-order chi connectivity index (χ0) is 14.8. The molecular formula is C14H15N3O3S. The average molecular weight is 305 g/mol. The molecule has 0 radical (unpaired) electrons. The van der Waals surface area contributed by atoms with Crippen LogP contribution in [0.1, 0.15) is 16.6 Å². The largest absolute Gasteiger partial charge is 0.454 e. The topological polar surface area (TPSA) is 86.5 Å². The number of nitrogens with two attached hydrogens (primary N) is 1. The fraction of sp³-hybridized carbons (Fsp3) is 0.286. The summed E-state index contributed by atoms with van der Waals surface area (Å²) in [5.74, 6) is 1.27. The lowest BCUT2D eigenvalue weighted by molar-refractivity contribution is 0.0945. The van der Waals surface area contributed by atoms with Gasteiger partial charge >= 0.3 is 0 Å². The van der Waals surface area contributed by atoms with Crippen LogP contribution >= 0.6 is 11.3 Å².